The lowest BCUT2D eigenvalue weighted by Crippen LogP contribution is -2.18. The summed E-state index contributed by atoms with van der Waals surface area (Å²) < 4.78 is 7.30. The zero-order valence-electron chi connectivity index (χ0n) is 10.1. The predicted molar refractivity (Wildman–Crippen MR) is 68.8 cm³/mol. The van der Waals surface area contributed by atoms with E-state index in [4.69, 9.17) is 4.74 Å². The minimum absolute atomic E-state index is 0.343. The van der Waals surface area contributed by atoms with Crippen LogP contribution in [-0.4, -0.2) is 34.0 Å². The monoisotopic (exact) mass is 244 g/mol. The number of hydrogen-bond donors (Lipinski definition) is 1. The van der Waals surface area contributed by atoms with Gasteiger partial charge in [-0.15, -0.1) is 0 Å². The molecule has 3 heterocycles. The van der Waals surface area contributed by atoms with Crippen LogP contribution in [0.4, 0.5) is 5.69 Å². The number of hydrogen-bond acceptors (Lipinski definition) is 4. The van der Waals surface area contributed by atoms with E-state index in [0.717, 1.165) is 31.1 Å². The molecule has 0 saturated carbocycles. The number of nitrogens with one attached hydrogen (secondary N) is 1. The second kappa shape index (κ2) is 5.18. The second-order valence-corrected chi connectivity index (χ2v) is 4.37. The molecule has 3 rings (SSSR count). The molecular formula is C13H16N4O. The van der Waals surface area contributed by atoms with Crippen LogP contribution in [0.15, 0.2) is 36.8 Å². The number of pyridine rings is 1. The molecule has 1 saturated heterocycles. The largest absolute Gasteiger partial charge is 0.381 e. The summed E-state index contributed by atoms with van der Waals surface area (Å²) in [6.45, 7) is 1.74. The van der Waals surface area contributed by atoms with E-state index < -0.39 is 0 Å². The van der Waals surface area contributed by atoms with Gasteiger partial charge in [0.25, 0.3) is 0 Å². The van der Waals surface area contributed by atoms with Crippen LogP contribution in [0.3, 0.4) is 0 Å². The molecule has 0 radical (unpaired) electrons. The number of rotatable bonds is 4. The minimum Gasteiger partial charge on any atom is -0.381 e. The third-order valence-corrected chi connectivity index (χ3v) is 3.04. The number of ether oxygens (including phenoxy) is 1. The summed E-state index contributed by atoms with van der Waals surface area (Å²) in [6, 6.07) is 5.84. The fourth-order valence-corrected chi connectivity index (χ4v) is 2.07. The SMILES string of the molecule is c1cnn(-c2ccc(NCC3CCCO3)cn2)c1. The van der Waals surface area contributed by atoms with Gasteiger partial charge in [-0.2, -0.15) is 5.10 Å². The fourth-order valence-electron chi connectivity index (χ4n) is 2.07. The summed E-state index contributed by atoms with van der Waals surface area (Å²) in [5.41, 5.74) is 1.02. The Kier molecular flexibility index (Phi) is 3.23. The maximum Gasteiger partial charge on any atom is 0.153 e. The average molecular weight is 244 g/mol. The Hall–Kier alpha value is -1.88. The van der Waals surface area contributed by atoms with Crippen molar-refractivity contribution < 1.29 is 4.74 Å². The first-order chi connectivity index (χ1) is 8.92. The Balaban J connectivity index is 1.60. The maximum absolute atomic E-state index is 5.56. The standard InChI is InChI=1S/C13H16N4O/c1-3-12(18-8-1)10-14-11-4-5-13(15-9-11)17-7-2-6-16-17/h2,4-7,9,12,14H,1,3,8,10H2. The van der Waals surface area contributed by atoms with E-state index in [1.807, 2.05) is 30.6 Å². The zero-order chi connectivity index (χ0) is 12.2. The van der Waals surface area contributed by atoms with Crippen LogP contribution in [0.1, 0.15) is 12.8 Å². The van der Waals surface area contributed by atoms with Crippen molar-refractivity contribution in [1.29, 1.82) is 0 Å². The van der Waals surface area contributed by atoms with Crippen molar-refractivity contribution in [2.45, 2.75) is 18.9 Å². The van der Waals surface area contributed by atoms with Crippen molar-refractivity contribution in [3.05, 3.63) is 36.8 Å². The Bertz CT molecular complexity index is 474. The summed E-state index contributed by atoms with van der Waals surface area (Å²) in [4.78, 5) is 4.36. The van der Waals surface area contributed by atoms with Crippen molar-refractivity contribution in [3.8, 4) is 5.82 Å². The van der Waals surface area contributed by atoms with E-state index in [-0.39, 0.29) is 0 Å². The van der Waals surface area contributed by atoms with Crippen LogP contribution >= 0.6 is 0 Å². The third-order valence-electron chi connectivity index (χ3n) is 3.04. The quantitative estimate of drug-likeness (QED) is 0.892. The molecule has 5 nitrogen and oxygen atoms in total. The molecule has 0 bridgehead atoms. The molecule has 2 aromatic heterocycles. The van der Waals surface area contributed by atoms with E-state index in [9.17, 15) is 0 Å². The Morgan fingerprint density at radius 1 is 1.44 bits per heavy atom. The molecule has 5 heteroatoms. The Morgan fingerprint density at radius 2 is 2.44 bits per heavy atom. The molecule has 18 heavy (non-hydrogen) atoms. The summed E-state index contributed by atoms with van der Waals surface area (Å²) in [6.07, 6.45) is 8.10. The van der Waals surface area contributed by atoms with E-state index in [0.29, 0.717) is 6.10 Å². The highest BCUT2D eigenvalue weighted by Gasteiger charge is 2.14. The van der Waals surface area contributed by atoms with E-state index in [2.05, 4.69) is 15.4 Å². The lowest BCUT2D eigenvalue weighted by molar-refractivity contribution is 0.120. The van der Waals surface area contributed by atoms with Crippen LogP contribution in [0.5, 0.6) is 0 Å². The molecule has 1 atom stereocenters. The third kappa shape index (κ3) is 2.51. The van der Waals surface area contributed by atoms with Crippen LogP contribution < -0.4 is 5.32 Å². The smallest absolute Gasteiger partial charge is 0.153 e. The van der Waals surface area contributed by atoms with Gasteiger partial charge in [0.05, 0.1) is 18.0 Å². The first-order valence-electron chi connectivity index (χ1n) is 6.23. The molecule has 1 aliphatic rings. The van der Waals surface area contributed by atoms with E-state index in [1.165, 1.54) is 6.42 Å². The van der Waals surface area contributed by atoms with Crippen molar-refractivity contribution >= 4 is 5.69 Å². The molecule has 1 aliphatic heterocycles. The maximum atomic E-state index is 5.56. The summed E-state index contributed by atoms with van der Waals surface area (Å²) in [5.74, 6) is 0.822. The van der Waals surface area contributed by atoms with Gasteiger partial charge in [-0.05, 0) is 31.0 Å². The molecule has 1 fully saturated rings. The van der Waals surface area contributed by atoms with Gasteiger partial charge in [0.15, 0.2) is 5.82 Å². The minimum atomic E-state index is 0.343. The molecule has 0 amide bonds. The molecule has 1 N–H and O–H groups in total. The van der Waals surface area contributed by atoms with E-state index in [1.54, 1.807) is 10.9 Å². The average Bonchev–Trinajstić information content (AvgIpc) is 3.10. The van der Waals surface area contributed by atoms with Crippen molar-refractivity contribution in [2.24, 2.45) is 0 Å². The van der Waals surface area contributed by atoms with Crippen LogP contribution in [0.2, 0.25) is 0 Å². The molecule has 0 spiro atoms. The van der Waals surface area contributed by atoms with Gasteiger partial charge in [0, 0.05) is 25.5 Å². The molecule has 0 aliphatic carbocycles. The number of aromatic nitrogens is 3. The summed E-state index contributed by atoms with van der Waals surface area (Å²) in [5, 5.41) is 7.48. The van der Waals surface area contributed by atoms with Gasteiger partial charge in [-0.25, -0.2) is 9.67 Å². The fraction of sp³-hybridized carbons (Fsp3) is 0.385. The lowest BCUT2D eigenvalue weighted by Gasteiger charge is -2.11. The second-order valence-electron chi connectivity index (χ2n) is 4.37. The molecule has 1 unspecified atom stereocenters. The highest BCUT2D eigenvalue weighted by Crippen LogP contribution is 2.14. The van der Waals surface area contributed by atoms with Gasteiger partial charge < -0.3 is 10.1 Å². The van der Waals surface area contributed by atoms with Crippen molar-refractivity contribution in [2.75, 3.05) is 18.5 Å². The predicted octanol–water partition coefficient (Wildman–Crippen LogP) is 1.86. The van der Waals surface area contributed by atoms with Crippen LogP contribution in [-0.2, 0) is 4.74 Å². The van der Waals surface area contributed by atoms with Gasteiger partial charge >= 0.3 is 0 Å². The van der Waals surface area contributed by atoms with Gasteiger partial charge in [0.2, 0.25) is 0 Å². The molecule has 94 valence electrons. The highest BCUT2D eigenvalue weighted by molar-refractivity contribution is 5.43. The van der Waals surface area contributed by atoms with Crippen LogP contribution in [0, 0.1) is 0 Å². The number of nitrogens with zero attached hydrogens (tertiary/aromatic N) is 3. The zero-order valence-corrected chi connectivity index (χ0v) is 10.1. The van der Waals surface area contributed by atoms with Crippen molar-refractivity contribution in [3.63, 3.8) is 0 Å². The molecule has 2 aromatic rings. The van der Waals surface area contributed by atoms with Gasteiger partial charge in [0.1, 0.15) is 0 Å². The Labute approximate surface area is 106 Å². The lowest BCUT2D eigenvalue weighted by atomic mass is 10.2. The summed E-state index contributed by atoms with van der Waals surface area (Å²) >= 11 is 0. The Morgan fingerprint density at radius 3 is 3.11 bits per heavy atom. The first kappa shape index (κ1) is 11.2. The van der Waals surface area contributed by atoms with E-state index >= 15 is 0 Å². The van der Waals surface area contributed by atoms with Crippen LogP contribution in [0.25, 0.3) is 5.82 Å². The van der Waals surface area contributed by atoms with Crippen molar-refractivity contribution in [1.82, 2.24) is 14.8 Å². The molecule has 0 aromatic carbocycles. The molecular weight excluding hydrogens is 228 g/mol. The number of anilines is 1. The van der Waals surface area contributed by atoms with Gasteiger partial charge in [-0.1, -0.05) is 0 Å². The normalized spacial score (nSPS) is 19.0. The first-order valence-corrected chi connectivity index (χ1v) is 6.23. The summed E-state index contributed by atoms with van der Waals surface area (Å²) in [7, 11) is 0. The topological polar surface area (TPSA) is 52.0 Å². The van der Waals surface area contributed by atoms with Gasteiger partial charge in [-0.3, -0.25) is 0 Å². The highest BCUT2D eigenvalue weighted by atomic mass is 16.5.